The van der Waals surface area contributed by atoms with Crippen LogP contribution in [0, 0.1) is 0 Å². The molecule has 124 valence electrons. The van der Waals surface area contributed by atoms with Gasteiger partial charge in [-0.25, -0.2) is 9.97 Å². The van der Waals surface area contributed by atoms with Crippen LogP contribution in [0.25, 0.3) is 0 Å². The maximum atomic E-state index is 12.3. The molecule has 0 aromatic carbocycles. The molecule has 23 heavy (non-hydrogen) atoms. The first-order chi connectivity index (χ1) is 11.3. The maximum absolute atomic E-state index is 12.3. The Balaban J connectivity index is 1.67. The molecule has 8 nitrogen and oxygen atoms in total. The van der Waals surface area contributed by atoms with Gasteiger partial charge in [-0.15, -0.1) is 0 Å². The molecule has 2 aromatic rings. The Morgan fingerprint density at radius 1 is 1.22 bits per heavy atom. The van der Waals surface area contributed by atoms with Crippen molar-refractivity contribution in [3.8, 4) is 0 Å². The van der Waals surface area contributed by atoms with Crippen molar-refractivity contribution in [2.24, 2.45) is 0 Å². The lowest BCUT2D eigenvalue weighted by atomic mass is 10.1. The van der Waals surface area contributed by atoms with E-state index in [1.54, 1.807) is 18.9 Å². The minimum Gasteiger partial charge on any atom is -0.465 e. The molecule has 8 heteroatoms. The second kappa shape index (κ2) is 7.38. The van der Waals surface area contributed by atoms with Crippen LogP contribution in [0.15, 0.2) is 25.0 Å². The summed E-state index contributed by atoms with van der Waals surface area (Å²) in [7, 11) is 0. The smallest absolute Gasteiger partial charge is 0.324 e. The lowest BCUT2D eigenvalue weighted by Gasteiger charge is -2.39. The number of hydrogen-bond acceptors (Lipinski definition) is 6. The second-order valence-corrected chi connectivity index (χ2v) is 5.63. The van der Waals surface area contributed by atoms with Gasteiger partial charge in [0.1, 0.15) is 6.04 Å². The fraction of sp³-hybridized carbons (Fsp3) is 0.533. The number of H-pyrrole nitrogens is 2. The lowest BCUT2D eigenvalue weighted by Crippen LogP contribution is -2.56. The van der Waals surface area contributed by atoms with Gasteiger partial charge >= 0.3 is 5.97 Å². The van der Waals surface area contributed by atoms with Crippen molar-refractivity contribution in [1.82, 2.24) is 29.7 Å². The highest BCUT2D eigenvalue weighted by molar-refractivity contribution is 5.76. The number of carbonyl (C=O) groups is 1. The van der Waals surface area contributed by atoms with Crippen LogP contribution in [0.2, 0.25) is 0 Å². The van der Waals surface area contributed by atoms with Gasteiger partial charge in [-0.05, 0) is 6.92 Å². The number of ether oxygens (including phenoxy) is 1. The first-order valence-corrected chi connectivity index (χ1v) is 7.83. The van der Waals surface area contributed by atoms with Gasteiger partial charge in [-0.2, -0.15) is 0 Å². The van der Waals surface area contributed by atoms with Crippen molar-refractivity contribution in [2.45, 2.75) is 26.1 Å². The number of imidazole rings is 2. The van der Waals surface area contributed by atoms with E-state index in [0.29, 0.717) is 19.7 Å². The predicted octanol–water partition coefficient (Wildman–Crippen LogP) is 0.382. The Hall–Kier alpha value is -2.19. The van der Waals surface area contributed by atoms with Crippen LogP contribution >= 0.6 is 0 Å². The fourth-order valence-corrected chi connectivity index (χ4v) is 2.87. The maximum Gasteiger partial charge on any atom is 0.324 e. The van der Waals surface area contributed by atoms with E-state index in [0.717, 1.165) is 31.0 Å². The molecule has 1 unspecified atom stereocenters. The average molecular weight is 318 g/mol. The van der Waals surface area contributed by atoms with E-state index in [1.807, 2.05) is 13.1 Å². The van der Waals surface area contributed by atoms with Gasteiger partial charge < -0.3 is 14.7 Å². The third-order valence-corrected chi connectivity index (χ3v) is 4.01. The predicted molar refractivity (Wildman–Crippen MR) is 83.3 cm³/mol. The molecule has 0 amide bonds. The summed E-state index contributed by atoms with van der Waals surface area (Å²) in [6.45, 7) is 6.00. The second-order valence-electron chi connectivity index (χ2n) is 5.63. The third kappa shape index (κ3) is 3.96. The number of nitrogens with one attached hydrogen (secondary N) is 2. The SMILES string of the molecule is CCOC(=O)C1CN(Cc2cnc[nH]2)CCN1Cc1cnc[nH]1. The van der Waals surface area contributed by atoms with E-state index in [4.69, 9.17) is 4.74 Å². The van der Waals surface area contributed by atoms with Gasteiger partial charge in [0.25, 0.3) is 0 Å². The summed E-state index contributed by atoms with van der Waals surface area (Å²) in [6, 6.07) is -0.269. The van der Waals surface area contributed by atoms with Crippen molar-refractivity contribution in [2.75, 3.05) is 26.2 Å². The Morgan fingerprint density at radius 3 is 2.52 bits per heavy atom. The van der Waals surface area contributed by atoms with Crippen molar-refractivity contribution in [3.63, 3.8) is 0 Å². The molecule has 1 aliphatic rings. The van der Waals surface area contributed by atoms with Crippen molar-refractivity contribution in [1.29, 1.82) is 0 Å². The van der Waals surface area contributed by atoms with E-state index >= 15 is 0 Å². The standard InChI is InChI=1S/C15H22N6O2/c1-2-23-15(22)14-9-20(7-12-5-16-10-18-12)3-4-21(14)8-13-6-17-11-19-13/h5-6,10-11,14H,2-4,7-9H2,1H3,(H,16,18)(H,17,19). The summed E-state index contributed by atoms with van der Waals surface area (Å²) in [5, 5.41) is 0. The van der Waals surface area contributed by atoms with Gasteiger partial charge in [0, 0.05) is 56.5 Å². The van der Waals surface area contributed by atoms with Gasteiger partial charge in [0.2, 0.25) is 0 Å². The first kappa shape index (κ1) is 15.7. The number of aromatic amines is 2. The summed E-state index contributed by atoms with van der Waals surface area (Å²) in [6.07, 6.45) is 6.94. The Bertz CT molecular complexity index is 598. The topological polar surface area (TPSA) is 90.1 Å². The van der Waals surface area contributed by atoms with Crippen LogP contribution in [0.4, 0.5) is 0 Å². The number of piperazine rings is 1. The first-order valence-electron chi connectivity index (χ1n) is 7.83. The van der Waals surface area contributed by atoms with Crippen molar-refractivity contribution in [3.05, 3.63) is 36.4 Å². The molecule has 3 heterocycles. The van der Waals surface area contributed by atoms with Crippen LogP contribution in [-0.4, -0.2) is 68.0 Å². The molecule has 0 spiro atoms. The number of hydrogen-bond donors (Lipinski definition) is 2. The third-order valence-electron chi connectivity index (χ3n) is 4.01. The van der Waals surface area contributed by atoms with Crippen molar-refractivity contribution >= 4 is 5.97 Å². The molecule has 2 N–H and O–H groups in total. The van der Waals surface area contributed by atoms with Crippen LogP contribution < -0.4 is 0 Å². The quantitative estimate of drug-likeness (QED) is 0.749. The molecule has 0 aliphatic carbocycles. The van der Waals surface area contributed by atoms with Crippen LogP contribution in [-0.2, 0) is 22.6 Å². The number of esters is 1. The molecule has 1 fully saturated rings. The van der Waals surface area contributed by atoms with Crippen molar-refractivity contribution < 1.29 is 9.53 Å². The molecule has 1 saturated heterocycles. The van der Waals surface area contributed by atoms with Crippen LogP contribution in [0.3, 0.4) is 0 Å². The molecule has 1 aliphatic heterocycles. The van der Waals surface area contributed by atoms with Gasteiger partial charge in [-0.1, -0.05) is 0 Å². The lowest BCUT2D eigenvalue weighted by molar-refractivity contribution is -0.152. The molecule has 0 radical (unpaired) electrons. The number of carbonyl (C=O) groups excluding carboxylic acids is 1. The highest BCUT2D eigenvalue weighted by Gasteiger charge is 2.33. The molecule has 2 aromatic heterocycles. The monoisotopic (exact) mass is 318 g/mol. The molecule has 0 saturated carbocycles. The summed E-state index contributed by atoms with van der Waals surface area (Å²) in [4.78, 5) is 31.0. The van der Waals surface area contributed by atoms with Crippen LogP contribution in [0.5, 0.6) is 0 Å². The van der Waals surface area contributed by atoms with Gasteiger partial charge in [-0.3, -0.25) is 14.6 Å². The zero-order valence-corrected chi connectivity index (χ0v) is 13.2. The number of nitrogens with zero attached hydrogens (tertiary/aromatic N) is 4. The summed E-state index contributed by atoms with van der Waals surface area (Å²) >= 11 is 0. The van der Waals surface area contributed by atoms with E-state index in [2.05, 4.69) is 29.7 Å². The number of rotatable bonds is 6. The molecule has 3 rings (SSSR count). The zero-order valence-electron chi connectivity index (χ0n) is 13.2. The summed E-state index contributed by atoms with van der Waals surface area (Å²) in [5.74, 6) is -0.165. The Kier molecular flexibility index (Phi) is 5.04. The normalized spacial score (nSPS) is 19.8. The van der Waals surface area contributed by atoms with Crippen LogP contribution in [0.1, 0.15) is 18.3 Å². The zero-order chi connectivity index (χ0) is 16.1. The highest BCUT2D eigenvalue weighted by Crippen LogP contribution is 2.16. The molecule has 0 bridgehead atoms. The minimum absolute atomic E-state index is 0.165. The highest BCUT2D eigenvalue weighted by atomic mass is 16.5. The average Bonchev–Trinajstić information content (AvgIpc) is 3.23. The Labute approximate surface area is 134 Å². The van der Waals surface area contributed by atoms with Gasteiger partial charge in [0.15, 0.2) is 0 Å². The van der Waals surface area contributed by atoms with E-state index in [-0.39, 0.29) is 12.0 Å². The number of aromatic nitrogens is 4. The van der Waals surface area contributed by atoms with E-state index < -0.39 is 0 Å². The largest absolute Gasteiger partial charge is 0.465 e. The molecular weight excluding hydrogens is 296 g/mol. The minimum atomic E-state index is -0.269. The summed E-state index contributed by atoms with van der Waals surface area (Å²) < 4.78 is 5.26. The van der Waals surface area contributed by atoms with E-state index in [1.165, 1.54) is 0 Å². The van der Waals surface area contributed by atoms with E-state index in [9.17, 15) is 4.79 Å². The fourth-order valence-electron chi connectivity index (χ4n) is 2.87. The van der Waals surface area contributed by atoms with Gasteiger partial charge in [0.05, 0.1) is 19.3 Å². The Morgan fingerprint density at radius 2 is 1.91 bits per heavy atom. The molecular formula is C15H22N6O2. The summed E-state index contributed by atoms with van der Waals surface area (Å²) in [5.41, 5.74) is 2.05. The molecule has 1 atom stereocenters.